The van der Waals surface area contributed by atoms with E-state index in [4.69, 9.17) is 0 Å². The number of allylic oxidation sites excluding steroid dienone is 3. The molecule has 1 aliphatic carbocycles. The highest BCUT2D eigenvalue weighted by molar-refractivity contribution is 5.76. The maximum atomic E-state index is 11.4. The molecule has 2 atom stereocenters. The van der Waals surface area contributed by atoms with E-state index in [1.165, 1.54) is 5.56 Å². The van der Waals surface area contributed by atoms with Crippen LogP contribution in [0.25, 0.3) is 0 Å². The first-order valence-electron chi connectivity index (χ1n) is 8.19. The largest absolute Gasteiger partial charge is 0.355 e. The van der Waals surface area contributed by atoms with Crippen molar-refractivity contribution in [2.75, 3.05) is 13.1 Å². The third kappa shape index (κ3) is 4.08. The van der Waals surface area contributed by atoms with E-state index in [0.29, 0.717) is 18.4 Å². The van der Waals surface area contributed by atoms with Crippen LogP contribution in [0.2, 0.25) is 0 Å². The third-order valence-corrected chi connectivity index (χ3v) is 4.52. The second kappa shape index (κ2) is 7.41. The van der Waals surface area contributed by atoms with E-state index in [1.807, 2.05) is 0 Å². The first-order chi connectivity index (χ1) is 10.8. The molecule has 0 bridgehead atoms. The Labute approximate surface area is 132 Å². The predicted octanol–water partition coefficient (Wildman–Crippen LogP) is 2.90. The first-order valence-corrected chi connectivity index (χ1v) is 8.19. The van der Waals surface area contributed by atoms with Crippen molar-refractivity contribution in [1.29, 1.82) is 0 Å². The molecule has 2 aliphatic rings. The molecule has 1 heterocycles. The predicted molar refractivity (Wildman–Crippen MR) is 89.3 cm³/mol. The fourth-order valence-electron chi connectivity index (χ4n) is 3.26. The molecule has 22 heavy (non-hydrogen) atoms. The van der Waals surface area contributed by atoms with Gasteiger partial charge in [-0.05, 0) is 24.3 Å². The van der Waals surface area contributed by atoms with E-state index in [2.05, 4.69) is 64.9 Å². The quantitative estimate of drug-likeness (QED) is 0.906. The van der Waals surface area contributed by atoms with Crippen molar-refractivity contribution >= 4 is 5.91 Å². The summed E-state index contributed by atoms with van der Waals surface area (Å²) in [7, 11) is 0. The molecule has 0 spiro atoms. The first kappa shape index (κ1) is 15.0. The Morgan fingerprint density at radius 2 is 2.05 bits per heavy atom. The molecule has 0 aromatic heterocycles. The van der Waals surface area contributed by atoms with Gasteiger partial charge in [0.2, 0.25) is 5.91 Å². The molecule has 1 N–H and O–H groups in total. The smallest absolute Gasteiger partial charge is 0.220 e. The van der Waals surface area contributed by atoms with Crippen molar-refractivity contribution in [2.24, 2.45) is 5.92 Å². The molecule has 1 unspecified atom stereocenters. The van der Waals surface area contributed by atoms with Crippen LogP contribution in [-0.4, -0.2) is 29.9 Å². The minimum atomic E-state index is 0.191. The minimum Gasteiger partial charge on any atom is -0.355 e. The monoisotopic (exact) mass is 296 g/mol. The molecule has 0 radical (unpaired) electrons. The zero-order chi connectivity index (χ0) is 15.2. The summed E-state index contributed by atoms with van der Waals surface area (Å²) in [6.45, 7) is 2.78. The van der Waals surface area contributed by atoms with Gasteiger partial charge in [0.15, 0.2) is 0 Å². The summed E-state index contributed by atoms with van der Waals surface area (Å²) in [6, 6.07) is 11.1. The third-order valence-electron chi connectivity index (χ3n) is 4.52. The fourth-order valence-corrected chi connectivity index (χ4v) is 3.26. The fraction of sp³-hybridized carbons (Fsp3) is 0.421. The molecule has 1 fully saturated rings. The second-order valence-electron chi connectivity index (χ2n) is 6.22. The van der Waals surface area contributed by atoms with Crippen molar-refractivity contribution in [2.45, 2.75) is 31.8 Å². The maximum absolute atomic E-state index is 11.4. The molecule has 1 amide bonds. The number of carbonyl (C=O) groups is 1. The van der Waals surface area contributed by atoms with Gasteiger partial charge in [-0.25, -0.2) is 0 Å². The summed E-state index contributed by atoms with van der Waals surface area (Å²) < 4.78 is 0. The van der Waals surface area contributed by atoms with Gasteiger partial charge in [0.25, 0.3) is 0 Å². The molecular weight excluding hydrogens is 272 g/mol. The van der Waals surface area contributed by atoms with E-state index in [1.54, 1.807) is 0 Å². The van der Waals surface area contributed by atoms with Gasteiger partial charge in [-0.15, -0.1) is 0 Å². The van der Waals surface area contributed by atoms with E-state index in [-0.39, 0.29) is 5.91 Å². The highest BCUT2D eigenvalue weighted by Gasteiger charge is 2.25. The number of piperidine rings is 1. The van der Waals surface area contributed by atoms with Crippen LogP contribution in [0, 0.1) is 5.92 Å². The van der Waals surface area contributed by atoms with E-state index in [0.717, 1.165) is 32.5 Å². The lowest BCUT2D eigenvalue weighted by Crippen LogP contribution is -2.49. The van der Waals surface area contributed by atoms with Gasteiger partial charge in [-0.3, -0.25) is 9.69 Å². The lowest BCUT2D eigenvalue weighted by Gasteiger charge is -2.36. The van der Waals surface area contributed by atoms with Crippen LogP contribution >= 0.6 is 0 Å². The zero-order valence-electron chi connectivity index (χ0n) is 12.9. The van der Waals surface area contributed by atoms with Crippen LogP contribution in [0.3, 0.4) is 0 Å². The molecule has 116 valence electrons. The number of amides is 1. The van der Waals surface area contributed by atoms with Crippen molar-refractivity contribution in [3.05, 3.63) is 60.2 Å². The summed E-state index contributed by atoms with van der Waals surface area (Å²) in [4.78, 5) is 14.0. The van der Waals surface area contributed by atoms with Crippen LogP contribution in [0.15, 0.2) is 54.6 Å². The number of rotatable bonds is 5. The van der Waals surface area contributed by atoms with Gasteiger partial charge in [0.05, 0.1) is 0 Å². The number of benzene rings is 1. The lowest BCUT2D eigenvalue weighted by molar-refractivity contribution is -0.123. The van der Waals surface area contributed by atoms with Crippen LogP contribution in [-0.2, 0) is 11.3 Å². The summed E-state index contributed by atoms with van der Waals surface area (Å²) >= 11 is 0. The Morgan fingerprint density at radius 3 is 2.73 bits per heavy atom. The van der Waals surface area contributed by atoms with Gasteiger partial charge >= 0.3 is 0 Å². The summed E-state index contributed by atoms with van der Waals surface area (Å²) in [6.07, 6.45) is 11.5. The summed E-state index contributed by atoms with van der Waals surface area (Å²) in [5.41, 5.74) is 1.34. The second-order valence-corrected chi connectivity index (χ2v) is 6.22. The van der Waals surface area contributed by atoms with E-state index >= 15 is 0 Å². The van der Waals surface area contributed by atoms with Crippen LogP contribution < -0.4 is 5.32 Å². The van der Waals surface area contributed by atoms with Gasteiger partial charge in [-0.2, -0.15) is 0 Å². The molecule has 1 saturated heterocycles. The highest BCUT2D eigenvalue weighted by atomic mass is 16.1. The average Bonchev–Trinajstić information content (AvgIpc) is 2.57. The molecule has 3 rings (SSSR count). The normalized spacial score (nSPS) is 24.5. The van der Waals surface area contributed by atoms with Gasteiger partial charge < -0.3 is 5.32 Å². The Balaban J connectivity index is 1.68. The summed E-state index contributed by atoms with van der Waals surface area (Å²) in [5.74, 6) is 0.766. The van der Waals surface area contributed by atoms with Gasteiger partial charge in [0, 0.05) is 32.1 Å². The molecule has 1 aromatic carbocycles. The molecule has 0 saturated carbocycles. The molecular formula is C19H24N2O. The Bertz CT molecular complexity index is 540. The van der Waals surface area contributed by atoms with Crippen molar-refractivity contribution in [3.8, 4) is 0 Å². The topological polar surface area (TPSA) is 32.3 Å². The number of carbonyl (C=O) groups excluding carboxylic acids is 1. The number of nitrogens with one attached hydrogen (secondary N) is 1. The van der Waals surface area contributed by atoms with Gasteiger partial charge in [-0.1, -0.05) is 54.6 Å². The summed E-state index contributed by atoms with van der Waals surface area (Å²) in [5, 5.41) is 3.02. The van der Waals surface area contributed by atoms with E-state index in [9.17, 15) is 4.79 Å². The van der Waals surface area contributed by atoms with Crippen molar-refractivity contribution in [3.63, 3.8) is 0 Å². The minimum absolute atomic E-state index is 0.191. The maximum Gasteiger partial charge on any atom is 0.220 e. The van der Waals surface area contributed by atoms with E-state index < -0.39 is 0 Å². The molecule has 1 aliphatic heterocycles. The van der Waals surface area contributed by atoms with Crippen LogP contribution in [0.4, 0.5) is 0 Å². The standard InChI is InChI=1S/C19H24N2O/c22-19-12-11-18(13-20-19)21(14-16-7-3-1-4-8-16)15-17-9-5-2-6-10-17/h1-9,17-18H,10-15H2,(H,20,22)/t17?,18-/m0/s1. The number of hydrogen-bond donors (Lipinski definition) is 1. The molecule has 3 nitrogen and oxygen atoms in total. The Morgan fingerprint density at radius 1 is 1.18 bits per heavy atom. The van der Waals surface area contributed by atoms with Crippen molar-refractivity contribution < 1.29 is 4.79 Å². The Hall–Kier alpha value is -1.87. The SMILES string of the molecule is O=C1CC[C@H](N(Cc2ccccc2)CC2C=CC=CC2)CN1. The average molecular weight is 296 g/mol. The number of hydrogen-bond acceptors (Lipinski definition) is 2. The Kier molecular flexibility index (Phi) is 5.07. The van der Waals surface area contributed by atoms with Crippen LogP contribution in [0.1, 0.15) is 24.8 Å². The van der Waals surface area contributed by atoms with Gasteiger partial charge in [0.1, 0.15) is 0 Å². The van der Waals surface area contributed by atoms with Crippen LogP contribution in [0.5, 0.6) is 0 Å². The highest BCUT2D eigenvalue weighted by Crippen LogP contribution is 2.20. The van der Waals surface area contributed by atoms with Crippen molar-refractivity contribution in [1.82, 2.24) is 10.2 Å². The molecule has 3 heteroatoms. The number of nitrogens with zero attached hydrogens (tertiary/aromatic N) is 1. The zero-order valence-corrected chi connectivity index (χ0v) is 12.9. The molecule has 1 aromatic rings. The lowest BCUT2D eigenvalue weighted by atomic mass is 9.97.